The monoisotopic (exact) mass is 292 g/mol. The summed E-state index contributed by atoms with van der Waals surface area (Å²) in [5.41, 5.74) is 3.13. The Hall–Kier alpha value is -1.54. The first kappa shape index (κ1) is 16.5. The molecule has 108 valence electrons. The fraction of sp³-hybridized carbons (Fsp3) is 0.353. The van der Waals surface area contributed by atoms with Gasteiger partial charge in [0, 0.05) is 16.7 Å². The molecule has 0 saturated carbocycles. The lowest BCUT2D eigenvalue weighted by molar-refractivity contribution is -0.139. The highest BCUT2D eigenvalue weighted by molar-refractivity contribution is 6.31. The molecule has 3 heteroatoms. The second kappa shape index (κ2) is 8.60. The molecule has 0 spiro atoms. The number of benzene rings is 1. The average Bonchev–Trinajstić information content (AvgIpc) is 2.37. The molecule has 0 aliphatic heterocycles. The van der Waals surface area contributed by atoms with Crippen LogP contribution in [-0.4, -0.2) is 5.97 Å². The summed E-state index contributed by atoms with van der Waals surface area (Å²) >= 11 is 6.00. The SMILES string of the molecule is CC(C)=CCC/C(C)=C/C(=O)OCc1ccccc1Cl. The molecule has 1 rings (SSSR count). The van der Waals surface area contributed by atoms with E-state index in [1.807, 2.05) is 25.1 Å². The Bertz CT molecular complexity index is 511. The Morgan fingerprint density at radius 3 is 2.60 bits per heavy atom. The van der Waals surface area contributed by atoms with Crippen molar-refractivity contribution in [3.63, 3.8) is 0 Å². The zero-order valence-corrected chi connectivity index (χ0v) is 13.0. The molecule has 0 radical (unpaired) electrons. The van der Waals surface area contributed by atoms with Gasteiger partial charge >= 0.3 is 5.97 Å². The minimum absolute atomic E-state index is 0.205. The van der Waals surface area contributed by atoms with Gasteiger partial charge in [0.15, 0.2) is 0 Å². The topological polar surface area (TPSA) is 26.3 Å². The molecule has 20 heavy (non-hydrogen) atoms. The van der Waals surface area contributed by atoms with Gasteiger partial charge in [-0.05, 0) is 39.7 Å². The summed E-state index contributed by atoms with van der Waals surface area (Å²) in [6, 6.07) is 7.35. The lowest BCUT2D eigenvalue weighted by atomic mass is 10.1. The third-order valence-electron chi connectivity index (χ3n) is 2.78. The summed E-state index contributed by atoms with van der Waals surface area (Å²) < 4.78 is 5.19. The number of carbonyl (C=O) groups excluding carboxylic acids is 1. The van der Waals surface area contributed by atoms with Gasteiger partial charge < -0.3 is 4.74 Å². The van der Waals surface area contributed by atoms with Crippen LogP contribution in [0, 0.1) is 0 Å². The molecule has 1 aromatic carbocycles. The molecule has 0 atom stereocenters. The molecule has 0 fully saturated rings. The Labute approximate surface area is 126 Å². The Morgan fingerprint density at radius 2 is 1.95 bits per heavy atom. The van der Waals surface area contributed by atoms with E-state index in [-0.39, 0.29) is 12.6 Å². The molecule has 0 amide bonds. The zero-order chi connectivity index (χ0) is 15.0. The molecule has 0 bridgehead atoms. The van der Waals surface area contributed by atoms with Crippen molar-refractivity contribution in [2.24, 2.45) is 0 Å². The van der Waals surface area contributed by atoms with Gasteiger partial charge in [0.05, 0.1) is 0 Å². The summed E-state index contributed by atoms with van der Waals surface area (Å²) in [5, 5.41) is 0.615. The lowest BCUT2D eigenvalue weighted by Gasteiger charge is -2.05. The van der Waals surface area contributed by atoms with Crippen molar-refractivity contribution >= 4 is 17.6 Å². The number of rotatable bonds is 6. The average molecular weight is 293 g/mol. The van der Waals surface area contributed by atoms with Crippen LogP contribution in [0.15, 0.2) is 47.6 Å². The van der Waals surface area contributed by atoms with Crippen molar-refractivity contribution in [2.45, 2.75) is 40.2 Å². The summed E-state index contributed by atoms with van der Waals surface area (Å²) in [5.74, 6) is -0.320. The summed E-state index contributed by atoms with van der Waals surface area (Å²) in [4.78, 5) is 11.7. The van der Waals surface area contributed by atoms with Crippen molar-refractivity contribution < 1.29 is 9.53 Å². The van der Waals surface area contributed by atoms with Gasteiger partial charge in [-0.1, -0.05) is 47.0 Å². The van der Waals surface area contributed by atoms with Crippen LogP contribution in [0.5, 0.6) is 0 Å². The first-order valence-electron chi connectivity index (χ1n) is 6.69. The molecule has 0 saturated heterocycles. The van der Waals surface area contributed by atoms with Gasteiger partial charge in [-0.2, -0.15) is 0 Å². The molecule has 0 unspecified atom stereocenters. The van der Waals surface area contributed by atoms with Crippen LogP contribution in [-0.2, 0) is 16.1 Å². The third-order valence-corrected chi connectivity index (χ3v) is 3.15. The molecule has 0 heterocycles. The van der Waals surface area contributed by atoms with E-state index in [9.17, 15) is 4.79 Å². The Kier molecular flexibility index (Phi) is 7.10. The summed E-state index contributed by atoms with van der Waals surface area (Å²) in [7, 11) is 0. The quantitative estimate of drug-likeness (QED) is 0.415. The van der Waals surface area contributed by atoms with Gasteiger partial charge in [0.25, 0.3) is 0 Å². The minimum atomic E-state index is -0.320. The predicted molar refractivity (Wildman–Crippen MR) is 83.7 cm³/mol. The first-order chi connectivity index (χ1) is 9.49. The first-order valence-corrected chi connectivity index (χ1v) is 7.07. The molecular weight excluding hydrogens is 272 g/mol. The van der Waals surface area contributed by atoms with Crippen LogP contribution >= 0.6 is 11.6 Å². The van der Waals surface area contributed by atoms with Crippen LogP contribution in [0.2, 0.25) is 5.02 Å². The number of halogens is 1. The van der Waals surface area contributed by atoms with Gasteiger partial charge in [0.1, 0.15) is 6.61 Å². The summed E-state index contributed by atoms with van der Waals surface area (Å²) in [6.45, 7) is 6.28. The van der Waals surface area contributed by atoms with Gasteiger partial charge in [-0.3, -0.25) is 0 Å². The molecule has 0 N–H and O–H groups in total. The normalized spacial score (nSPS) is 11.1. The third kappa shape index (κ3) is 6.58. The fourth-order valence-electron chi connectivity index (χ4n) is 1.67. The maximum Gasteiger partial charge on any atom is 0.331 e. The Balaban J connectivity index is 2.43. The van der Waals surface area contributed by atoms with Crippen molar-refractivity contribution in [1.82, 2.24) is 0 Å². The largest absolute Gasteiger partial charge is 0.458 e. The van der Waals surface area contributed by atoms with Gasteiger partial charge in [-0.25, -0.2) is 4.79 Å². The van der Waals surface area contributed by atoms with E-state index in [2.05, 4.69) is 19.9 Å². The fourth-order valence-corrected chi connectivity index (χ4v) is 1.86. The predicted octanol–water partition coefficient (Wildman–Crippen LogP) is 5.08. The highest BCUT2D eigenvalue weighted by Gasteiger charge is 2.03. The maximum atomic E-state index is 11.7. The highest BCUT2D eigenvalue weighted by atomic mass is 35.5. The van der Waals surface area contributed by atoms with E-state index in [1.165, 1.54) is 5.57 Å². The number of ether oxygens (including phenoxy) is 1. The minimum Gasteiger partial charge on any atom is -0.458 e. The standard InChI is InChI=1S/C17H21ClO2/c1-13(2)7-6-8-14(3)11-17(19)20-12-15-9-4-5-10-16(15)18/h4-5,7,9-11H,6,8,12H2,1-3H3/b14-11+. The van der Waals surface area contributed by atoms with Crippen LogP contribution in [0.25, 0.3) is 0 Å². The van der Waals surface area contributed by atoms with Gasteiger partial charge in [0.2, 0.25) is 0 Å². The number of carbonyl (C=O) groups is 1. The Morgan fingerprint density at radius 1 is 1.25 bits per heavy atom. The maximum absolute atomic E-state index is 11.7. The van der Waals surface area contributed by atoms with Crippen LogP contribution in [0.3, 0.4) is 0 Å². The number of hydrogen-bond donors (Lipinski definition) is 0. The second-order valence-electron chi connectivity index (χ2n) is 5.01. The highest BCUT2D eigenvalue weighted by Crippen LogP contribution is 2.16. The van der Waals surface area contributed by atoms with E-state index in [4.69, 9.17) is 16.3 Å². The second-order valence-corrected chi connectivity index (χ2v) is 5.42. The number of allylic oxidation sites excluding steroid dienone is 3. The summed E-state index contributed by atoms with van der Waals surface area (Å²) in [6.07, 6.45) is 5.52. The smallest absolute Gasteiger partial charge is 0.331 e. The number of hydrogen-bond acceptors (Lipinski definition) is 2. The van der Waals surface area contributed by atoms with E-state index in [0.29, 0.717) is 5.02 Å². The van der Waals surface area contributed by atoms with E-state index in [0.717, 1.165) is 24.0 Å². The molecule has 0 aromatic heterocycles. The van der Waals surface area contributed by atoms with Crippen LogP contribution in [0.1, 0.15) is 39.2 Å². The van der Waals surface area contributed by atoms with Crippen LogP contribution in [0.4, 0.5) is 0 Å². The van der Waals surface area contributed by atoms with E-state index < -0.39 is 0 Å². The van der Waals surface area contributed by atoms with E-state index in [1.54, 1.807) is 12.1 Å². The van der Waals surface area contributed by atoms with E-state index >= 15 is 0 Å². The van der Waals surface area contributed by atoms with Crippen molar-refractivity contribution in [3.8, 4) is 0 Å². The zero-order valence-electron chi connectivity index (χ0n) is 12.3. The molecule has 0 aliphatic rings. The molecule has 1 aromatic rings. The van der Waals surface area contributed by atoms with Crippen molar-refractivity contribution in [2.75, 3.05) is 0 Å². The van der Waals surface area contributed by atoms with Crippen LogP contribution < -0.4 is 0 Å². The van der Waals surface area contributed by atoms with Crippen molar-refractivity contribution in [3.05, 3.63) is 58.1 Å². The van der Waals surface area contributed by atoms with Gasteiger partial charge in [-0.15, -0.1) is 0 Å². The van der Waals surface area contributed by atoms with Crippen molar-refractivity contribution in [1.29, 1.82) is 0 Å². The molecule has 2 nitrogen and oxygen atoms in total. The lowest BCUT2D eigenvalue weighted by Crippen LogP contribution is -2.02. The molecular formula is C17H21ClO2. The molecule has 0 aliphatic carbocycles. The number of esters is 1.